The van der Waals surface area contributed by atoms with Crippen LogP contribution >= 0.6 is 0 Å². The Labute approximate surface area is 101 Å². The zero-order chi connectivity index (χ0) is 11.7. The van der Waals surface area contributed by atoms with Gasteiger partial charge in [-0.2, -0.15) is 0 Å². The molecular formula is C14H17NO2. The maximum absolute atomic E-state index is 12.2. The van der Waals surface area contributed by atoms with Gasteiger partial charge in [-0.05, 0) is 17.9 Å². The third-order valence-corrected chi connectivity index (χ3v) is 3.66. The van der Waals surface area contributed by atoms with E-state index < -0.39 is 0 Å². The molecule has 0 radical (unpaired) electrons. The molecule has 3 nitrogen and oxygen atoms in total. The summed E-state index contributed by atoms with van der Waals surface area (Å²) in [6.45, 7) is 2.90. The SMILES string of the molecule is O=C([C@@H]1C[C@@H]1c1ccccc1)N1CCOCC1. The van der Waals surface area contributed by atoms with Crippen molar-refractivity contribution < 1.29 is 9.53 Å². The van der Waals surface area contributed by atoms with Gasteiger partial charge in [-0.3, -0.25) is 4.79 Å². The second-order valence-electron chi connectivity index (χ2n) is 4.80. The monoisotopic (exact) mass is 231 g/mol. The third kappa shape index (κ3) is 2.20. The van der Waals surface area contributed by atoms with Crippen molar-refractivity contribution in [3.8, 4) is 0 Å². The lowest BCUT2D eigenvalue weighted by molar-refractivity contribution is -0.136. The summed E-state index contributed by atoms with van der Waals surface area (Å²) >= 11 is 0. The second-order valence-corrected chi connectivity index (χ2v) is 4.80. The zero-order valence-corrected chi connectivity index (χ0v) is 9.84. The van der Waals surface area contributed by atoms with Gasteiger partial charge in [0.1, 0.15) is 0 Å². The van der Waals surface area contributed by atoms with Gasteiger partial charge in [0, 0.05) is 19.0 Å². The summed E-state index contributed by atoms with van der Waals surface area (Å²) in [7, 11) is 0. The van der Waals surface area contributed by atoms with Gasteiger partial charge in [0.2, 0.25) is 5.91 Å². The Kier molecular flexibility index (Phi) is 2.85. The smallest absolute Gasteiger partial charge is 0.226 e. The molecule has 2 aliphatic rings. The number of carbonyl (C=O) groups excluding carboxylic acids is 1. The number of morpholine rings is 1. The highest BCUT2D eigenvalue weighted by Gasteiger charge is 2.45. The number of hydrogen-bond acceptors (Lipinski definition) is 2. The Bertz CT molecular complexity index is 398. The molecular weight excluding hydrogens is 214 g/mol. The van der Waals surface area contributed by atoms with Crippen LogP contribution < -0.4 is 0 Å². The van der Waals surface area contributed by atoms with E-state index in [2.05, 4.69) is 12.1 Å². The normalized spacial score (nSPS) is 27.9. The molecule has 1 heterocycles. The highest BCUT2D eigenvalue weighted by atomic mass is 16.5. The fraction of sp³-hybridized carbons (Fsp3) is 0.500. The van der Waals surface area contributed by atoms with Gasteiger partial charge in [-0.15, -0.1) is 0 Å². The van der Waals surface area contributed by atoms with Gasteiger partial charge in [-0.25, -0.2) is 0 Å². The fourth-order valence-electron chi connectivity index (χ4n) is 2.55. The number of benzene rings is 1. The summed E-state index contributed by atoms with van der Waals surface area (Å²) in [4.78, 5) is 14.2. The summed E-state index contributed by atoms with van der Waals surface area (Å²) in [5.74, 6) is 0.990. The van der Waals surface area contributed by atoms with Crippen molar-refractivity contribution in [1.29, 1.82) is 0 Å². The predicted molar refractivity (Wildman–Crippen MR) is 64.7 cm³/mol. The first kappa shape index (κ1) is 10.8. The summed E-state index contributed by atoms with van der Waals surface area (Å²) in [6, 6.07) is 10.4. The van der Waals surface area contributed by atoms with Crippen molar-refractivity contribution in [3.63, 3.8) is 0 Å². The standard InChI is InChI=1S/C14H17NO2/c16-14(15-6-8-17-9-7-15)13-10-12(13)11-4-2-1-3-5-11/h1-5,12-13H,6-10H2/t12-,13-/m1/s1. The third-order valence-electron chi connectivity index (χ3n) is 3.66. The average Bonchev–Trinajstić information content (AvgIpc) is 3.20. The van der Waals surface area contributed by atoms with E-state index in [-0.39, 0.29) is 5.92 Å². The number of amides is 1. The minimum absolute atomic E-state index is 0.218. The maximum Gasteiger partial charge on any atom is 0.226 e. The van der Waals surface area contributed by atoms with Crippen LogP contribution in [0.3, 0.4) is 0 Å². The highest BCUT2D eigenvalue weighted by Crippen LogP contribution is 2.48. The average molecular weight is 231 g/mol. The predicted octanol–water partition coefficient (Wildman–Crippen LogP) is 1.65. The van der Waals surface area contributed by atoms with Gasteiger partial charge >= 0.3 is 0 Å². The van der Waals surface area contributed by atoms with Crippen molar-refractivity contribution in [1.82, 2.24) is 4.90 Å². The molecule has 0 spiro atoms. The van der Waals surface area contributed by atoms with Gasteiger partial charge in [0.25, 0.3) is 0 Å². The van der Waals surface area contributed by atoms with Crippen molar-refractivity contribution >= 4 is 5.91 Å². The lowest BCUT2D eigenvalue weighted by atomic mass is 10.1. The van der Waals surface area contributed by atoms with E-state index in [0.717, 1.165) is 19.5 Å². The molecule has 1 aromatic rings. The van der Waals surface area contributed by atoms with E-state index in [1.807, 2.05) is 23.1 Å². The number of carbonyl (C=O) groups is 1. The molecule has 1 saturated heterocycles. The molecule has 0 unspecified atom stereocenters. The van der Waals surface area contributed by atoms with Crippen molar-refractivity contribution in [2.75, 3.05) is 26.3 Å². The van der Waals surface area contributed by atoms with Crippen molar-refractivity contribution in [2.45, 2.75) is 12.3 Å². The quantitative estimate of drug-likeness (QED) is 0.774. The van der Waals surface area contributed by atoms with Gasteiger partial charge in [0.15, 0.2) is 0 Å². The van der Waals surface area contributed by atoms with Crippen molar-refractivity contribution in [3.05, 3.63) is 35.9 Å². The highest BCUT2D eigenvalue weighted by molar-refractivity contribution is 5.83. The molecule has 1 amide bonds. The Balaban J connectivity index is 1.62. The van der Waals surface area contributed by atoms with E-state index in [0.29, 0.717) is 25.0 Å². The Morgan fingerprint density at radius 3 is 2.59 bits per heavy atom. The zero-order valence-electron chi connectivity index (χ0n) is 9.84. The van der Waals surface area contributed by atoms with Crippen LogP contribution in [0.2, 0.25) is 0 Å². The van der Waals surface area contributed by atoms with Crippen LogP contribution in [0, 0.1) is 5.92 Å². The topological polar surface area (TPSA) is 29.5 Å². The second kappa shape index (κ2) is 4.49. The maximum atomic E-state index is 12.2. The van der Waals surface area contributed by atoms with Crippen LogP contribution in [0.15, 0.2) is 30.3 Å². The van der Waals surface area contributed by atoms with Crippen LogP contribution in [0.4, 0.5) is 0 Å². The van der Waals surface area contributed by atoms with Gasteiger partial charge < -0.3 is 9.64 Å². The van der Waals surface area contributed by atoms with E-state index in [4.69, 9.17) is 4.74 Å². The van der Waals surface area contributed by atoms with Gasteiger partial charge in [0.05, 0.1) is 13.2 Å². The molecule has 0 bridgehead atoms. The molecule has 1 saturated carbocycles. The van der Waals surface area contributed by atoms with E-state index in [9.17, 15) is 4.79 Å². The molecule has 3 heteroatoms. The summed E-state index contributed by atoms with van der Waals surface area (Å²) < 4.78 is 5.27. The molecule has 3 rings (SSSR count). The first-order chi connectivity index (χ1) is 8.36. The Morgan fingerprint density at radius 1 is 1.18 bits per heavy atom. The largest absolute Gasteiger partial charge is 0.378 e. The molecule has 17 heavy (non-hydrogen) atoms. The van der Waals surface area contributed by atoms with E-state index in [1.54, 1.807) is 0 Å². The van der Waals surface area contributed by atoms with Crippen LogP contribution in [-0.2, 0) is 9.53 Å². The fourth-order valence-corrected chi connectivity index (χ4v) is 2.55. The van der Waals surface area contributed by atoms with Crippen LogP contribution in [-0.4, -0.2) is 37.1 Å². The summed E-state index contributed by atoms with van der Waals surface area (Å²) in [5.41, 5.74) is 1.30. The first-order valence-electron chi connectivity index (χ1n) is 6.28. The van der Waals surface area contributed by atoms with Gasteiger partial charge in [-0.1, -0.05) is 30.3 Å². The minimum atomic E-state index is 0.218. The minimum Gasteiger partial charge on any atom is -0.378 e. The Hall–Kier alpha value is -1.35. The first-order valence-corrected chi connectivity index (χ1v) is 6.28. The molecule has 1 aromatic carbocycles. The summed E-state index contributed by atoms with van der Waals surface area (Å²) in [5, 5.41) is 0. The Morgan fingerprint density at radius 2 is 1.88 bits per heavy atom. The molecule has 2 atom stereocenters. The lowest BCUT2D eigenvalue weighted by Crippen LogP contribution is -2.41. The lowest BCUT2D eigenvalue weighted by Gasteiger charge is -2.27. The number of ether oxygens (including phenoxy) is 1. The molecule has 0 aromatic heterocycles. The molecule has 0 N–H and O–H groups in total. The van der Waals surface area contributed by atoms with Crippen LogP contribution in [0.5, 0.6) is 0 Å². The van der Waals surface area contributed by atoms with Crippen LogP contribution in [0.25, 0.3) is 0 Å². The van der Waals surface area contributed by atoms with E-state index in [1.165, 1.54) is 5.56 Å². The molecule has 1 aliphatic heterocycles. The van der Waals surface area contributed by atoms with E-state index >= 15 is 0 Å². The molecule has 90 valence electrons. The molecule has 2 fully saturated rings. The van der Waals surface area contributed by atoms with Crippen molar-refractivity contribution in [2.24, 2.45) is 5.92 Å². The number of rotatable bonds is 2. The van der Waals surface area contributed by atoms with Crippen LogP contribution in [0.1, 0.15) is 17.9 Å². The molecule has 1 aliphatic carbocycles. The number of hydrogen-bond donors (Lipinski definition) is 0. The number of nitrogens with zero attached hydrogens (tertiary/aromatic N) is 1. The summed E-state index contributed by atoms with van der Waals surface area (Å²) in [6.07, 6.45) is 1.01.